The van der Waals surface area contributed by atoms with Gasteiger partial charge in [-0.15, -0.1) is 0 Å². The topological polar surface area (TPSA) is 24.5 Å². The molecule has 0 spiro atoms. The highest BCUT2D eigenvalue weighted by Gasteiger charge is 2.20. The first-order valence-electron chi connectivity index (χ1n) is 6.46. The first-order chi connectivity index (χ1) is 8.35. The fourth-order valence-corrected chi connectivity index (χ4v) is 2.48. The van der Waals surface area contributed by atoms with Crippen LogP contribution in [0.1, 0.15) is 19.8 Å². The van der Waals surface area contributed by atoms with E-state index in [0.717, 1.165) is 25.4 Å². The van der Waals surface area contributed by atoms with Crippen molar-refractivity contribution < 1.29 is 4.74 Å². The summed E-state index contributed by atoms with van der Waals surface area (Å²) in [6.45, 7) is 5.43. The molecule has 0 bridgehead atoms. The molecule has 1 aliphatic rings. The summed E-state index contributed by atoms with van der Waals surface area (Å²) in [5.74, 6) is 0.977. The molecule has 1 fully saturated rings. The summed E-state index contributed by atoms with van der Waals surface area (Å²) in [6, 6.07) is 8.89. The van der Waals surface area contributed by atoms with Gasteiger partial charge in [-0.25, -0.2) is 0 Å². The van der Waals surface area contributed by atoms with Gasteiger partial charge in [0, 0.05) is 25.7 Å². The van der Waals surface area contributed by atoms with Crippen molar-refractivity contribution in [3.8, 4) is 5.75 Å². The second-order valence-corrected chi connectivity index (χ2v) is 4.56. The lowest BCUT2D eigenvalue weighted by molar-refractivity contribution is 0.402. The van der Waals surface area contributed by atoms with Gasteiger partial charge in [0.05, 0.1) is 12.8 Å². The molecule has 2 rings (SSSR count). The van der Waals surface area contributed by atoms with E-state index in [1.54, 1.807) is 7.11 Å². The van der Waals surface area contributed by atoms with Crippen LogP contribution in [0.15, 0.2) is 24.3 Å². The number of nitrogens with one attached hydrogen (secondary N) is 1. The predicted molar refractivity (Wildman–Crippen MR) is 71.9 cm³/mol. The van der Waals surface area contributed by atoms with Gasteiger partial charge in [0.15, 0.2) is 0 Å². The maximum Gasteiger partial charge on any atom is 0.142 e. The molecule has 3 nitrogen and oxygen atoms in total. The molecule has 1 aliphatic heterocycles. The van der Waals surface area contributed by atoms with Crippen LogP contribution in [0, 0.1) is 0 Å². The number of benzene rings is 1. The molecule has 1 N–H and O–H groups in total. The Morgan fingerprint density at radius 3 is 3.00 bits per heavy atom. The highest BCUT2D eigenvalue weighted by Crippen LogP contribution is 2.28. The minimum atomic E-state index is 0.610. The third-order valence-electron chi connectivity index (χ3n) is 3.32. The van der Waals surface area contributed by atoms with Crippen molar-refractivity contribution in [3.63, 3.8) is 0 Å². The van der Waals surface area contributed by atoms with Crippen LogP contribution in [0.2, 0.25) is 0 Å². The van der Waals surface area contributed by atoms with E-state index in [0.29, 0.717) is 6.04 Å². The Bertz CT molecular complexity index is 352. The summed E-state index contributed by atoms with van der Waals surface area (Å²) in [5.41, 5.74) is 1.22. The fraction of sp³-hybridized carbons (Fsp3) is 0.571. The molecule has 1 aromatic carbocycles. The van der Waals surface area contributed by atoms with E-state index in [1.165, 1.54) is 18.5 Å². The molecular formula is C14H22N2O. The van der Waals surface area contributed by atoms with Gasteiger partial charge in [0.1, 0.15) is 5.75 Å². The molecule has 0 radical (unpaired) electrons. The molecule has 1 unspecified atom stereocenters. The summed E-state index contributed by atoms with van der Waals surface area (Å²) >= 11 is 0. The maximum absolute atomic E-state index is 5.43. The average molecular weight is 234 g/mol. The second kappa shape index (κ2) is 5.92. The third kappa shape index (κ3) is 2.91. The molecule has 3 heteroatoms. The first-order valence-corrected chi connectivity index (χ1v) is 6.46. The smallest absolute Gasteiger partial charge is 0.142 e. The lowest BCUT2D eigenvalue weighted by Gasteiger charge is -2.35. The average Bonchev–Trinajstić information content (AvgIpc) is 2.39. The van der Waals surface area contributed by atoms with Gasteiger partial charge in [-0.05, 0) is 18.6 Å². The lowest BCUT2D eigenvalue weighted by Crippen LogP contribution is -2.50. The third-order valence-corrected chi connectivity index (χ3v) is 3.32. The number of hydrogen-bond acceptors (Lipinski definition) is 3. The van der Waals surface area contributed by atoms with E-state index in [9.17, 15) is 0 Å². The maximum atomic E-state index is 5.43. The minimum Gasteiger partial charge on any atom is -0.495 e. The quantitative estimate of drug-likeness (QED) is 0.865. The summed E-state index contributed by atoms with van der Waals surface area (Å²) in [5, 5.41) is 3.57. The van der Waals surface area contributed by atoms with Crippen LogP contribution >= 0.6 is 0 Å². The van der Waals surface area contributed by atoms with Gasteiger partial charge in [-0.3, -0.25) is 0 Å². The van der Waals surface area contributed by atoms with Crippen molar-refractivity contribution in [2.24, 2.45) is 0 Å². The van der Waals surface area contributed by atoms with Crippen molar-refractivity contribution in [2.45, 2.75) is 25.8 Å². The van der Waals surface area contributed by atoms with E-state index >= 15 is 0 Å². The Morgan fingerprint density at radius 2 is 2.24 bits per heavy atom. The van der Waals surface area contributed by atoms with E-state index in [1.807, 2.05) is 12.1 Å². The number of ether oxygens (including phenoxy) is 1. The normalized spacial score (nSPS) is 20.4. The standard InChI is InChI=1S/C14H22N2O/c1-3-6-12-11-16(10-9-15-12)13-7-4-5-8-14(13)17-2/h4-5,7-8,12,15H,3,6,9-11H2,1-2H3. The zero-order chi connectivity index (χ0) is 12.1. The number of nitrogens with zero attached hydrogens (tertiary/aromatic N) is 1. The molecule has 1 heterocycles. The Labute approximate surface area is 104 Å². The molecule has 94 valence electrons. The highest BCUT2D eigenvalue weighted by molar-refractivity contribution is 5.58. The van der Waals surface area contributed by atoms with Gasteiger partial charge in [-0.2, -0.15) is 0 Å². The van der Waals surface area contributed by atoms with Crippen molar-refractivity contribution in [2.75, 3.05) is 31.6 Å². The monoisotopic (exact) mass is 234 g/mol. The highest BCUT2D eigenvalue weighted by atomic mass is 16.5. The predicted octanol–water partition coefficient (Wildman–Crippen LogP) is 2.27. The van der Waals surface area contributed by atoms with E-state index in [2.05, 4.69) is 29.3 Å². The molecule has 0 aliphatic carbocycles. The number of anilines is 1. The molecule has 0 saturated carbocycles. The van der Waals surface area contributed by atoms with E-state index in [-0.39, 0.29) is 0 Å². The van der Waals surface area contributed by atoms with Crippen molar-refractivity contribution in [1.82, 2.24) is 5.32 Å². The molecule has 1 saturated heterocycles. The zero-order valence-electron chi connectivity index (χ0n) is 10.8. The summed E-state index contributed by atoms with van der Waals surface area (Å²) in [4.78, 5) is 2.43. The number of rotatable bonds is 4. The van der Waals surface area contributed by atoms with Gasteiger partial charge < -0.3 is 15.0 Å². The van der Waals surface area contributed by atoms with Crippen LogP contribution in [0.5, 0.6) is 5.75 Å². The molecule has 0 amide bonds. The SMILES string of the molecule is CCCC1CN(c2ccccc2OC)CCN1. The Balaban J connectivity index is 2.10. The number of piperazine rings is 1. The van der Waals surface area contributed by atoms with Crippen LogP contribution in [-0.2, 0) is 0 Å². The lowest BCUT2D eigenvalue weighted by atomic mass is 10.1. The molecule has 1 atom stereocenters. The van der Waals surface area contributed by atoms with E-state index in [4.69, 9.17) is 4.74 Å². The second-order valence-electron chi connectivity index (χ2n) is 4.56. The van der Waals surface area contributed by atoms with Crippen LogP contribution in [0.3, 0.4) is 0 Å². The first kappa shape index (κ1) is 12.2. The molecule has 17 heavy (non-hydrogen) atoms. The molecule has 1 aromatic rings. The summed E-state index contributed by atoms with van der Waals surface area (Å²) in [6.07, 6.45) is 2.48. The molecular weight excluding hydrogens is 212 g/mol. The zero-order valence-corrected chi connectivity index (χ0v) is 10.8. The summed E-state index contributed by atoms with van der Waals surface area (Å²) < 4.78 is 5.43. The van der Waals surface area contributed by atoms with Crippen molar-refractivity contribution in [1.29, 1.82) is 0 Å². The van der Waals surface area contributed by atoms with Crippen LogP contribution in [0.25, 0.3) is 0 Å². The largest absolute Gasteiger partial charge is 0.495 e. The van der Waals surface area contributed by atoms with Crippen molar-refractivity contribution in [3.05, 3.63) is 24.3 Å². The van der Waals surface area contributed by atoms with Crippen molar-refractivity contribution >= 4 is 5.69 Å². The number of hydrogen-bond donors (Lipinski definition) is 1. The summed E-state index contributed by atoms with van der Waals surface area (Å²) in [7, 11) is 1.74. The van der Waals surface area contributed by atoms with Gasteiger partial charge >= 0.3 is 0 Å². The number of methoxy groups -OCH3 is 1. The van der Waals surface area contributed by atoms with Crippen LogP contribution in [0.4, 0.5) is 5.69 Å². The van der Waals surface area contributed by atoms with Crippen LogP contribution in [-0.4, -0.2) is 32.8 Å². The minimum absolute atomic E-state index is 0.610. The Morgan fingerprint density at radius 1 is 1.41 bits per heavy atom. The van der Waals surface area contributed by atoms with Gasteiger partial charge in [0.2, 0.25) is 0 Å². The fourth-order valence-electron chi connectivity index (χ4n) is 2.48. The number of para-hydroxylation sites is 2. The van der Waals surface area contributed by atoms with E-state index < -0.39 is 0 Å². The van der Waals surface area contributed by atoms with Gasteiger partial charge in [-0.1, -0.05) is 25.5 Å². The Hall–Kier alpha value is -1.22. The molecule has 0 aromatic heterocycles. The van der Waals surface area contributed by atoms with Gasteiger partial charge in [0.25, 0.3) is 0 Å². The Kier molecular flexibility index (Phi) is 4.26. The van der Waals surface area contributed by atoms with Crippen LogP contribution < -0.4 is 15.0 Å².